The van der Waals surface area contributed by atoms with Crippen LogP contribution in [0.1, 0.15) is 34.6 Å². The van der Waals surface area contributed by atoms with Crippen LogP contribution in [-0.4, -0.2) is 40.4 Å². The zero-order valence-electron chi connectivity index (χ0n) is 21.1. The molecule has 11 heteroatoms. The molecule has 2 N–H and O–H groups in total. The van der Waals surface area contributed by atoms with Crippen LogP contribution in [-0.2, 0) is 14.1 Å². The first-order chi connectivity index (χ1) is 18.1. The highest BCUT2D eigenvalue weighted by molar-refractivity contribution is 6.29. The number of carboxylic acid groups (broad SMARTS) is 1. The molecule has 0 saturated heterocycles. The molecule has 0 spiro atoms. The van der Waals surface area contributed by atoms with Crippen molar-refractivity contribution in [2.24, 2.45) is 14.1 Å². The van der Waals surface area contributed by atoms with Crippen LogP contribution in [0.15, 0.2) is 59.7 Å². The lowest BCUT2D eigenvalue weighted by molar-refractivity contribution is 0.0691. The molecule has 0 unspecified atom stereocenters. The van der Waals surface area contributed by atoms with Crippen molar-refractivity contribution in [2.45, 2.75) is 19.9 Å². The van der Waals surface area contributed by atoms with Crippen LogP contribution < -0.4 is 10.9 Å². The number of hydrogen-bond donors (Lipinski definition) is 2. The van der Waals surface area contributed by atoms with Crippen LogP contribution in [0.25, 0.3) is 33.7 Å². The molecular formula is C27H24ClN7O3. The van der Waals surface area contributed by atoms with Crippen LogP contribution in [0.3, 0.4) is 0 Å². The third-order valence-corrected chi connectivity index (χ3v) is 6.47. The first-order valence-corrected chi connectivity index (χ1v) is 12.1. The normalized spacial score (nSPS) is 12.0. The van der Waals surface area contributed by atoms with Gasteiger partial charge in [0, 0.05) is 30.8 Å². The van der Waals surface area contributed by atoms with E-state index >= 15 is 0 Å². The second-order valence-corrected chi connectivity index (χ2v) is 9.46. The molecule has 38 heavy (non-hydrogen) atoms. The first-order valence-electron chi connectivity index (χ1n) is 11.8. The van der Waals surface area contributed by atoms with Gasteiger partial charge >= 0.3 is 5.97 Å². The van der Waals surface area contributed by atoms with Gasteiger partial charge in [-0.15, -0.1) is 0 Å². The summed E-state index contributed by atoms with van der Waals surface area (Å²) in [6.45, 7) is 3.78. The minimum atomic E-state index is -1.20. The molecule has 1 atom stereocenters. The number of carboxylic acids is 1. The fourth-order valence-corrected chi connectivity index (χ4v) is 4.55. The monoisotopic (exact) mass is 529 g/mol. The number of benzene rings is 2. The van der Waals surface area contributed by atoms with Gasteiger partial charge in [-0.1, -0.05) is 41.9 Å². The smallest absolute Gasteiger partial charge is 0.356 e. The summed E-state index contributed by atoms with van der Waals surface area (Å²) in [4.78, 5) is 38.3. The highest BCUT2D eigenvalue weighted by Crippen LogP contribution is 2.30. The van der Waals surface area contributed by atoms with E-state index < -0.39 is 12.0 Å². The Morgan fingerprint density at radius 3 is 2.42 bits per heavy atom. The van der Waals surface area contributed by atoms with Crippen LogP contribution in [0.5, 0.6) is 0 Å². The number of aromatic nitrogens is 6. The predicted octanol–water partition coefficient (Wildman–Crippen LogP) is 4.62. The number of nitrogens with one attached hydrogen (secondary N) is 1. The molecule has 2 aromatic carbocycles. The molecule has 0 aliphatic heterocycles. The molecule has 0 fully saturated rings. The van der Waals surface area contributed by atoms with E-state index in [1.54, 1.807) is 31.2 Å². The first kappa shape index (κ1) is 25.1. The molecule has 0 saturated carbocycles. The highest BCUT2D eigenvalue weighted by Gasteiger charge is 2.20. The summed E-state index contributed by atoms with van der Waals surface area (Å²) >= 11 is 5.91. The maximum Gasteiger partial charge on any atom is 0.356 e. The van der Waals surface area contributed by atoms with Crippen molar-refractivity contribution in [3.05, 3.63) is 87.2 Å². The number of nitrogens with zero attached hydrogens (tertiary/aromatic N) is 6. The number of pyridine rings is 1. The van der Waals surface area contributed by atoms with E-state index in [0.717, 1.165) is 22.3 Å². The summed E-state index contributed by atoms with van der Waals surface area (Å²) in [5, 5.41) is 17.7. The summed E-state index contributed by atoms with van der Waals surface area (Å²) in [6.07, 6.45) is 1.63. The van der Waals surface area contributed by atoms with E-state index in [2.05, 4.69) is 20.4 Å². The summed E-state index contributed by atoms with van der Waals surface area (Å²) in [7, 11) is 3.50. The quantitative estimate of drug-likeness (QED) is 0.305. The molecule has 0 amide bonds. The Balaban J connectivity index is 1.60. The van der Waals surface area contributed by atoms with Gasteiger partial charge in [-0.25, -0.2) is 19.7 Å². The molecule has 5 rings (SSSR count). The van der Waals surface area contributed by atoms with Gasteiger partial charge in [-0.05, 0) is 37.6 Å². The Morgan fingerprint density at radius 1 is 1.05 bits per heavy atom. The van der Waals surface area contributed by atoms with Crippen LogP contribution in [0, 0.1) is 6.92 Å². The van der Waals surface area contributed by atoms with Crippen molar-refractivity contribution in [1.29, 1.82) is 0 Å². The van der Waals surface area contributed by atoms with Gasteiger partial charge in [0.05, 0.1) is 22.6 Å². The van der Waals surface area contributed by atoms with Crippen molar-refractivity contribution < 1.29 is 9.90 Å². The Kier molecular flexibility index (Phi) is 6.41. The fraction of sp³-hybridized carbons (Fsp3) is 0.185. The zero-order chi connectivity index (χ0) is 27.1. The number of aromatic carboxylic acids is 1. The summed E-state index contributed by atoms with van der Waals surface area (Å²) < 4.78 is 3.17. The molecule has 3 aromatic heterocycles. The Bertz CT molecular complexity index is 1760. The van der Waals surface area contributed by atoms with Crippen molar-refractivity contribution in [2.75, 3.05) is 5.32 Å². The number of rotatable bonds is 6. The molecule has 192 valence electrons. The molecule has 10 nitrogen and oxygen atoms in total. The maximum atomic E-state index is 13.5. The van der Waals surface area contributed by atoms with Crippen molar-refractivity contribution >= 4 is 34.2 Å². The van der Waals surface area contributed by atoms with Crippen LogP contribution in [0.4, 0.5) is 5.69 Å². The molecule has 3 heterocycles. The second kappa shape index (κ2) is 9.71. The van der Waals surface area contributed by atoms with E-state index in [1.807, 2.05) is 50.2 Å². The van der Waals surface area contributed by atoms with E-state index in [1.165, 1.54) is 10.6 Å². The van der Waals surface area contributed by atoms with Gasteiger partial charge in [0.15, 0.2) is 11.5 Å². The number of fused-ring (bicyclic) bond motifs is 1. The minimum Gasteiger partial charge on any atom is -0.476 e. The fourth-order valence-electron chi connectivity index (χ4n) is 4.41. The topological polar surface area (TPSA) is 128 Å². The lowest BCUT2D eigenvalue weighted by atomic mass is 10.0. The van der Waals surface area contributed by atoms with E-state index in [9.17, 15) is 14.7 Å². The average Bonchev–Trinajstić information content (AvgIpc) is 3.33. The number of anilines is 1. The molecule has 0 bridgehead atoms. The molecule has 0 radical (unpaired) electrons. The van der Waals surface area contributed by atoms with Gasteiger partial charge in [0.1, 0.15) is 17.3 Å². The van der Waals surface area contributed by atoms with Crippen molar-refractivity contribution in [3.8, 4) is 22.8 Å². The van der Waals surface area contributed by atoms with E-state index in [-0.39, 0.29) is 16.4 Å². The average molecular weight is 530 g/mol. The molecule has 0 aliphatic carbocycles. The minimum absolute atomic E-state index is 0.0845. The third kappa shape index (κ3) is 4.61. The zero-order valence-corrected chi connectivity index (χ0v) is 21.9. The van der Waals surface area contributed by atoms with E-state index in [4.69, 9.17) is 16.6 Å². The van der Waals surface area contributed by atoms with Gasteiger partial charge in [-0.2, -0.15) is 5.10 Å². The van der Waals surface area contributed by atoms with Crippen LogP contribution >= 0.6 is 11.6 Å². The third-order valence-electron chi connectivity index (χ3n) is 6.26. The number of aryl methyl sites for hydroxylation is 2. The van der Waals surface area contributed by atoms with Gasteiger partial charge < -0.3 is 10.4 Å². The summed E-state index contributed by atoms with van der Waals surface area (Å²) in [5.74, 6) is -0.0934. The van der Waals surface area contributed by atoms with Gasteiger partial charge in [0.25, 0.3) is 5.56 Å². The van der Waals surface area contributed by atoms with Crippen LogP contribution in [0.2, 0.25) is 5.15 Å². The SMILES string of the molecule is Cc1cc([C@@H](C)Nc2ccc(Cl)nc2C(=O)O)c2nc(-c3ccc(-c4ncn(C)n4)cc3)n(C)c(=O)c2c1. The summed E-state index contributed by atoms with van der Waals surface area (Å²) in [5.41, 5.74) is 3.71. The predicted molar refractivity (Wildman–Crippen MR) is 145 cm³/mol. The second-order valence-electron chi connectivity index (χ2n) is 9.07. The largest absolute Gasteiger partial charge is 0.476 e. The number of hydrogen-bond acceptors (Lipinski definition) is 7. The highest BCUT2D eigenvalue weighted by atomic mass is 35.5. The number of halogens is 1. The summed E-state index contributed by atoms with van der Waals surface area (Å²) in [6, 6.07) is 14.0. The Hall–Kier alpha value is -4.57. The Labute approximate surface area is 222 Å². The van der Waals surface area contributed by atoms with Gasteiger partial charge in [0.2, 0.25) is 0 Å². The standard InChI is InChI=1S/C27H24ClN7O3/c1-14-11-18(15(2)30-20-9-10-21(28)31-23(20)27(37)38)22-19(12-14)26(36)35(4)25(32-22)17-7-5-16(6-8-17)24-29-13-34(3)33-24/h5-13,15,30H,1-4H3,(H,37,38)/t15-/m1/s1. The van der Waals surface area contributed by atoms with Crippen molar-refractivity contribution in [1.82, 2.24) is 29.3 Å². The van der Waals surface area contributed by atoms with E-state index in [0.29, 0.717) is 28.2 Å². The van der Waals surface area contributed by atoms with Gasteiger partial charge in [-0.3, -0.25) is 14.0 Å². The lowest BCUT2D eigenvalue weighted by Crippen LogP contribution is -2.22. The molecular weight excluding hydrogens is 506 g/mol. The van der Waals surface area contributed by atoms with Crippen molar-refractivity contribution in [3.63, 3.8) is 0 Å². The number of carbonyl (C=O) groups is 1. The molecule has 5 aromatic rings. The lowest BCUT2D eigenvalue weighted by Gasteiger charge is -2.20. The maximum absolute atomic E-state index is 13.5. The Morgan fingerprint density at radius 2 is 1.76 bits per heavy atom. The molecule has 0 aliphatic rings.